The van der Waals surface area contributed by atoms with Crippen LogP contribution in [0.1, 0.15) is 45.4 Å². The summed E-state index contributed by atoms with van der Waals surface area (Å²) in [7, 11) is -4.94. The highest BCUT2D eigenvalue weighted by molar-refractivity contribution is 7.54. The lowest BCUT2D eigenvalue weighted by Crippen LogP contribution is -2.48. The summed E-state index contributed by atoms with van der Waals surface area (Å²) in [5.74, 6) is -3.10. The SMILES string of the molecule is CCC(F)(OP(=O)(O)C(C)(O)CC)[C@H]1O[C@@H](n2cc(C)c(N)nc2=O)[C@H](O)[C@@H]1O. The monoisotopic (exact) mass is 439 g/mol. The van der Waals surface area contributed by atoms with E-state index in [0.717, 1.165) is 11.5 Å². The second-order valence-corrected chi connectivity index (χ2v) is 9.44. The predicted octanol–water partition coefficient (Wildman–Crippen LogP) is 0.149. The summed E-state index contributed by atoms with van der Waals surface area (Å²) in [6.45, 7) is 5.21. The number of nitrogen functional groups attached to an aromatic ring is 1. The largest absolute Gasteiger partial charge is 0.387 e. The third-order valence-electron chi connectivity index (χ3n) is 5.15. The van der Waals surface area contributed by atoms with Crippen molar-refractivity contribution >= 4 is 13.4 Å². The minimum atomic E-state index is -4.94. The van der Waals surface area contributed by atoms with Crippen LogP contribution in [-0.2, 0) is 13.8 Å². The lowest BCUT2D eigenvalue weighted by Gasteiger charge is -2.36. The van der Waals surface area contributed by atoms with Crippen LogP contribution in [0.25, 0.3) is 0 Å². The molecular formula is C16H27FN3O8P. The topological polar surface area (TPSA) is 177 Å². The molecule has 2 heterocycles. The van der Waals surface area contributed by atoms with Crippen molar-refractivity contribution in [1.82, 2.24) is 9.55 Å². The molecule has 0 amide bonds. The van der Waals surface area contributed by atoms with E-state index in [1.165, 1.54) is 27.0 Å². The molecule has 1 aromatic rings. The Kier molecular flexibility index (Phi) is 6.61. The molecule has 2 rings (SSSR count). The standard InChI is InChI=1S/C16H27FN3O8P/c1-5-15(4,24)29(25,26)28-16(17,6-2)11-9(21)10(22)13(27-11)20-7-8(3)12(18)19-14(20)23/h7,9-11,13,21-22,24H,5-6H2,1-4H3,(H,25,26)(H2,18,19,23)/t9-,10+,11-,13+,15?,16?/m0/s1. The molecule has 1 saturated heterocycles. The minimum absolute atomic E-state index is 0.0458. The molecule has 11 nitrogen and oxygen atoms in total. The molecule has 1 aliphatic heterocycles. The molecule has 1 fully saturated rings. The molecular weight excluding hydrogens is 412 g/mol. The smallest absolute Gasteiger partial charge is 0.361 e. The van der Waals surface area contributed by atoms with Crippen molar-refractivity contribution in [2.24, 2.45) is 0 Å². The number of hydrogen-bond acceptors (Lipinski definition) is 9. The van der Waals surface area contributed by atoms with Gasteiger partial charge in [0, 0.05) is 18.2 Å². The third kappa shape index (κ3) is 4.24. The highest BCUT2D eigenvalue weighted by Gasteiger charge is 2.59. The van der Waals surface area contributed by atoms with Crippen LogP contribution >= 0.6 is 7.60 Å². The number of hydrogen-bond donors (Lipinski definition) is 5. The molecule has 0 aliphatic carbocycles. The summed E-state index contributed by atoms with van der Waals surface area (Å²) in [6.07, 6.45) is -6.74. The first-order valence-electron chi connectivity index (χ1n) is 9.02. The molecule has 166 valence electrons. The highest BCUT2D eigenvalue weighted by atomic mass is 31.2. The Morgan fingerprint density at radius 2 is 1.97 bits per heavy atom. The van der Waals surface area contributed by atoms with Crippen molar-refractivity contribution in [2.45, 2.75) is 76.3 Å². The predicted molar refractivity (Wildman–Crippen MR) is 99.5 cm³/mol. The fraction of sp³-hybridized carbons (Fsp3) is 0.750. The lowest BCUT2D eigenvalue weighted by atomic mass is 10.0. The molecule has 1 aliphatic rings. The summed E-state index contributed by atoms with van der Waals surface area (Å²) in [6, 6.07) is 0. The molecule has 0 saturated carbocycles. The average Bonchev–Trinajstić information content (AvgIpc) is 2.93. The average molecular weight is 439 g/mol. The number of nitrogens with two attached hydrogens (primary N) is 1. The van der Waals surface area contributed by atoms with Gasteiger partial charge < -0.3 is 30.7 Å². The van der Waals surface area contributed by atoms with Crippen LogP contribution in [-0.4, -0.2) is 59.3 Å². The van der Waals surface area contributed by atoms with E-state index in [1.54, 1.807) is 0 Å². The van der Waals surface area contributed by atoms with Gasteiger partial charge in [0.25, 0.3) is 0 Å². The Labute approximate surface area is 166 Å². The zero-order chi connectivity index (χ0) is 22.4. The number of ether oxygens (including phenoxy) is 1. The third-order valence-corrected chi connectivity index (χ3v) is 7.23. The Balaban J connectivity index is 2.40. The zero-order valence-corrected chi connectivity index (χ0v) is 17.4. The molecule has 0 bridgehead atoms. The van der Waals surface area contributed by atoms with Crippen LogP contribution in [0.4, 0.5) is 10.2 Å². The molecule has 0 radical (unpaired) electrons. The van der Waals surface area contributed by atoms with Crippen molar-refractivity contribution < 1.29 is 38.4 Å². The van der Waals surface area contributed by atoms with E-state index in [-0.39, 0.29) is 12.2 Å². The number of nitrogens with zero attached hydrogens (tertiary/aromatic N) is 2. The second-order valence-electron chi connectivity index (χ2n) is 7.25. The van der Waals surface area contributed by atoms with Crippen LogP contribution in [0.15, 0.2) is 11.0 Å². The van der Waals surface area contributed by atoms with Crippen LogP contribution in [0, 0.1) is 6.92 Å². The number of anilines is 1. The van der Waals surface area contributed by atoms with Gasteiger partial charge in [-0.15, -0.1) is 0 Å². The van der Waals surface area contributed by atoms with E-state index in [1.807, 2.05) is 0 Å². The van der Waals surface area contributed by atoms with Crippen LogP contribution < -0.4 is 11.4 Å². The van der Waals surface area contributed by atoms with Crippen LogP contribution in [0.3, 0.4) is 0 Å². The molecule has 0 spiro atoms. The molecule has 3 unspecified atom stereocenters. The van der Waals surface area contributed by atoms with Crippen LogP contribution in [0.5, 0.6) is 0 Å². The number of aromatic nitrogens is 2. The first-order valence-corrected chi connectivity index (χ1v) is 10.6. The number of aryl methyl sites for hydroxylation is 1. The quantitative estimate of drug-likeness (QED) is 0.367. The van der Waals surface area contributed by atoms with E-state index >= 15 is 4.39 Å². The van der Waals surface area contributed by atoms with Crippen molar-refractivity contribution in [3.63, 3.8) is 0 Å². The van der Waals surface area contributed by atoms with Gasteiger partial charge in [0.05, 0.1) is 0 Å². The fourth-order valence-corrected chi connectivity index (χ4v) is 4.07. The maximum absolute atomic E-state index is 15.6. The van der Waals surface area contributed by atoms with Crippen LogP contribution in [0.2, 0.25) is 0 Å². The Morgan fingerprint density at radius 3 is 2.48 bits per heavy atom. The van der Waals surface area contributed by atoms with E-state index in [9.17, 15) is 29.6 Å². The summed E-state index contributed by atoms with van der Waals surface area (Å²) in [5, 5.41) is 28.5. The van der Waals surface area contributed by atoms with E-state index in [0.29, 0.717) is 5.56 Å². The van der Waals surface area contributed by atoms with E-state index in [4.69, 9.17) is 15.0 Å². The summed E-state index contributed by atoms with van der Waals surface area (Å²) in [5.41, 5.74) is 5.01. The number of halogens is 1. The molecule has 1 aromatic heterocycles. The van der Waals surface area contributed by atoms with Gasteiger partial charge in [-0.1, -0.05) is 13.8 Å². The molecule has 29 heavy (non-hydrogen) atoms. The molecule has 0 aromatic carbocycles. The molecule has 6 N–H and O–H groups in total. The van der Waals surface area contributed by atoms with Gasteiger partial charge in [-0.2, -0.15) is 4.98 Å². The number of aliphatic hydroxyl groups excluding tert-OH is 2. The summed E-state index contributed by atoms with van der Waals surface area (Å²) < 4.78 is 39.0. The first kappa shape index (κ1) is 23.9. The van der Waals surface area contributed by atoms with Crippen molar-refractivity contribution in [3.05, 3.63) is 22.2 Å². The number of alkyl halides is 1. The Bertz CT molecular complexity index is 865. The van der Waals surface area contributed by atoms with Gasteiger partial charge in [0.1, 0.15) is 24.1 Å². The second kappa shape index (κ2) is 8.03. The van der Waals surface area contributed by atoms with E-state index in [2.05, 4.69) is 4.98 Å². The van der Waals surface area contributed by atoms with E-state index < -0.39 is 55.4 Å². The minimum Gasteiger partial charge on any atom is -0.387 e. The summed E-state index contributed by atoms with van der Waals surface area (Å²) in [4.78, 5) is 25.8. The maximum atomic E-state index is 15.6. The van der Waals surface area contributed by atoms with Gasteiger partial charge in [0.15, 0.2) is 11.6 Å². The molecule has 7 atom stereocenters. The zero-order valence-electron chi connectivity index (χ0n) is 16.5. The maximum Gasteiger partial charge on any atom is 0.361 e. The fourth-order valence-electron chi connectivity index (χ4n) is 2.83. The highest BCUT2D eigenvalue weighted by Crippen LogP contribution is 2.60. The van der Waals surface area contributed by atoms with Crippen molar-refractivity contribution in [3.8, 4) is 0 Å². The Hall–Kier alpha value is -1.40. The van der Waals surface area contributed by atoms with Gasteiger partial charge in [-0.25, -0.2) is 9.18 Å². The lowest BCUT2D eigenvalue weighted by molar-refractivity contribution is -0.199. The molecule has 13 heteroatoms. The normalized spacial score (nSPS) is 31.1. The van der Waals surface area contributed by atoms with Gasteiger partial charge >= 0.3 is 13.3 Å². The number of aliphatic hydroxyl groups is 3. The van der Waals surface area contributed by atoms with Gasteiger partial charge in [0.2, 0.25) is 5.85 Å². The van der Waals surface area contributed by atoms with Gasteiger partial charge in [-0.3, -0.25) is 13.7 Å². The summed E-state index contributed by atoms with van der Waals surface area (Å²) >= 11 is 0. The number of rotatable bonds is 7. The van der Waals surface area contributed by atoms with Crippen molar-refractivity contribution in [2.75, 3.05) is 5.73 Å². The Morgan fingerprint density at radius 1 is 1.38 bits per heavy atom. The first-order chi connectivity index (χ1) is 13.2. The van der Waals surface area contributed by atoms with Gasteiger partial charge in [-0.05, 0) is 20.3 Å². The van der Waals surface area contributed by atoms with Crippen molar-refractivity contribution in [1.29, 1.82) is 0 Å².